The monoisotopic (exact) mass is 515 g/mol. The van der Waals surface area contributed by atoms with Gasteiger partial charge in [0.15, 0.2) is 21.5 Å². The van der Waals surface area contributed by atoms with Crippen LogP contribution < -0.4 is 9.64 Å². The third kappa shape index (κ3) is 4.06. The molecule has 0 N–H and O–H groups in total. The summed E-state index contributed by atoms with van der Waals surface area (Å²) < 4.78 is 58.8. The van der Waals surface area contributed by atoms with Gasteiger partial charge in [-0.05, 0) is 35.9 Å². The largest absolute Gasteiger partial charge is 0.491 e. The summed E-state index contributed by atoms with van der Waals surface area (Å²) in [5.74, 6) is 0.592. The second-order valence-electron chi connectivity index (χ2n) is 8.31. The van der Waals surface area contributed by atoms with E-state index in [0.29, 0.717) is 49.2 Å². The topological polar surface area (TPSA) is 90.2 Å². The molecule has 0 unspecified atom stereocenters. The zero-order valence-corrected chi connectivity index (χ0v) is 20.0. The highest BCUT2D eigenvalue weighted by Gasteiger charge is 2.26. The van der Waals surface area contributed by atoms with Crippen LogP contribution in [0.5, 0.6) is 5.75 Å². The maximum Gasteiger partial charge on any atom is 0.173 e. The molecule has 0 spiro atoms. The Morgan fingerprint density at radius 2 is 1.89 bits per heavy atom. The SMILES string of the molecule is O=S1(=O)CCN(c2ccc3c(n2)-c2sc(-c4ncnn4-c4ccc(F)cc4F)cc2CCO3)CC1. The molecule has 35 heavy (non-hydrogen) atoms. The highest BCUT2D eigenvalue weighted by Crippen LogP contribution is 2.43. The van der Waals surface area contributed by atoms with Crippen molar-refractivity contribution in [2.45, 2.75) is 6.42 Å². The molecular formula is C23H19F2N5O3S2. The van der Waals surface area contributed by atoms with E-state index in [0.717, 1.165) is 21.4 Å². The maximum absolute atomic E-state index is 14.5. The molecule has 5 heterocycles. The van der Waals surface area contributed by atoms with Crippen LogP contribution in [0.1, 0.15) is 5.56 Å². The van der Waals surface area contributed by atoms with Crippen molar-refractivity contribution in [3.05, 3.63) is 59.9 Å². The quantitative estimate of drug-likeness (QED) is 0.413. The first-order valence-corrected chi connectivity index (χ1v) is 13.6. The number of halogens is 2. The van der Waals surface area contributed by atoms with E-state index in [4.69, 9.17) is 9.72 Å². The van der Waals surface area contributed by atoms with Gasteiger partial charge in [-0.25, -0.2) is 31.8 Å². The van der Waals surface area contributed by atoms with Crippen molar-refractivity contribution in [2.24, 2.45) is 0 Å². The Balaban J connectivity index is 1.40. The molecule has 0 amide bonds. The van der Waals surface area contributed by atoms with Gasteiger partial charge >= 0.3 is 0 Å². The zero-order chi connectivity index (χ0) is 24.2. The van der Waals surface area contributed by atoms with E-state index in [1.807, 2.05) is 23.1 Å². The summed E-state index contributed by atoms with van der Waals surface area (Å²) in [7, 11) is -3.00. The second kappa shape index (κ2) is 8.38. The van der Waals surface area contributed by atoms with Crippen LogP contribution in [-0.2, 0) is 16.3 Å². The molecule has 6 rings (SSSR count). The van der Waals surface area contributed by atoms with E-state index in [2.05, 4.69) is 10.1 Å². The first-order chi connectivity index (χ1) is 16.9. The summed E-state index contributed by atoms with van der Waals surface area (Å²) in [5, 5.41) is 4.16. The molecule has 1 fully saturated rings. The van der Waals surface area contributed by atoms with E-state index in [1.54, 1.807) is 0 Å². The molecule has 8 nitrogen and oxygen atoms in total. The number of rotatable bonds is 3. The first-order valence-electron chi connectivity index (χ1n) is 11.0. The number of sulfone groups is 1. The number of thiophene rings is 1. The van der Waals surface area contributed by atoms with Crippen LogP contribution in [0, 0.1) is 11.6 Å². The molecule has 1 saturated heterocycles. The van der Waals surface area contributed by atoms with E-state index in [1.165, 1.54) is 34.5 Å². The number of anilines is 1. The lowest BCUT2D eigenvalue weighted by Gasteiger charge is -2.28. The average molecular weight is 516 g/mol. The normalized spacial score (nSPS) is 16.8. The molecule has 4 aromatic rings. The van der Waals surface area contributed by atoms with Crippen molar-refractivity contribution in [3.63, 3.8) is 0 Å². The number of pyridine rings is 1. The number of fused-ring (bicyclic) bond motifs is 3. The molecule has 0 saturated carbocycles. The summed E-state index contributed by atoms with van der Waals surface area (Å²) in [4.78, 5) is 12.8. The van der Waals surface area contributed by atoms with Gasteiger partial charge in [-0.15, -0.1) is 11.3 Å². The van der Waals surface area contributed by atoms with Gasteiger partial charge < -0.3 is 9.64 Å². The van der Waals surface area contributed by atoms with Gasteiger partial charge in [-0.1, -0.05) is 0 Å². The Bertz CT molecular complexity index is 1540. The molecule has 2 aliphatic heterocycles. The summed E-state index contributed by atoms with van der Waals surface area (Å²) in [6.45, 7) is 1.26. The number of nitrogens with zero attached hydrogens (tertiary/aromatic N) is 5. The molecule has 180 valence electrons. The highest BCUT2D eigenvalue weighted by molar-refractivity contribution is 7.91. The van der Waals surface area contributed by atoms with Crippen molar-refractivity contribution < 1.29 is 21.9 Å². The van der Waals surface area contributed by atoms with Gasteiger partial charge in [0.25, 0.3) is 0 Å². The van der Waals surface area contributed by atoms with Crippen LogP contribution in [0.2, 0.25) is 0 Å². The van der Waals surface area contributed by atoms with E-state index < -0.39 is 21.5 Å². The van der Waals surface area contributed by atoms with Gasteiger partial charge in [0.1, 0.15) is 35.1 Å². The van der Waals surface area contributed by atoms with E-state index in [9.17, 15) is 17.2 Å². The number of benzene rings is 1. The lowest BCUT2D eigenvalue weighted by Crippen LogP contribution is -2.40. The predicted octanol–water partition coefficient (Wildman–Crippen LogP) is 3.51. The Labute approximate surface area is 203 Å². The predicted molar refractivity (Wildman–Crippen MR) is 128 cm³/mol. The maximum atomic E-state index is 14.5. The average Bonchev–Trinajstić information content (AvgIpc) is 3.43. The fourth-order valence-electron chi connectivity index (χ4n) is 4.27. The lowest BCUT2D eigenvalue weighted by atomic mass is 10.1. The number of hydrogen-bond donors (Lipinski definition) is 0. The van der Waals surface area contributed by atoms with Crippen molar-refractivity contribution in [3.8, 4) is 32.7 Å². The number of hydrogen-bond acceptors (Lipinski definition) is 8. The first kappa shape index (κ1) is 22.1. The Morgan fingerprint density at radius 3 is 2.69 bits per heavy atom. The fourth-order valence-corrected chi connectivity index (χ4v) is 6.66. The van der Waals surface area contributed by atoms with Crippen molar-refractivity contribution in [2.75, 3.05) is 36.1 Å². The van der Waals surface area contributed by atoms with Gasteiger partial charge in [0.05, 0.1) is 27.9 Å². The fraction of sp³-hybridized carbons (Fsp3) is 0.261. The molecule has 2 aliphatic rings. The van der Waals surface area contributed by atoms with E-state index >= 15 is 0 Å². The van der Waals surface area contributed by atoms with Crippen LogP contribution in [0.4, 0.5) is 14.6 Å². The van der Waals surface area contributed by atoms with Gasteiger partial charge in [-0.2, -0.15) is 5.10 Å². The van der Waals surface area contributed by atoms with Crippen LogP contribution >= 0.6 is 11.3 Å². The summed E-state index contributed by atoms with van der Waals surface area (Å²) in [6, 6.07) is 9.02. The molecule has 0 atom stereocenters. The van der Waals surface area contributed by atoms with Crippen molar-refractivity contribution in [1.82, 2.24) is 19.7 Å². The van der Waals surface area contributed by atoms with Crippen LogP contribution in [0.3, 0.4) is 0 Å². The smallest absolute Gasteiger partial charge is 0.173 e. The summed E-state index contributed by atoms with van der Waals surface area (Å²) in [5.41, 5.74) is 1.80. The molecule has 1 aromatic carbocycles. The van der Waals surface area contributed by atoms with Gasteiger partial charge in [-0.3, -0.25) is 0 Å². The van der Waals surface area contributed by atoms with Gasteiger partial charge in [0, 0.05) is 25.6 Å². The van der Waals surface area contributed by atoms with Gasteiger partial charge in [0.2, 0.25) is 0 Å². The lowest BCUT2D eigenvalue weighted by molar-refractivity contribution is 0.325. The number of ether oxygens (including phenoxy) is 1. The third-order valence-corrected chi connectivity index (χ3v) is 8.86. The summed E-state index contributed by atoms with van der Waals surface area (Å²) >= 11 is 1.45. The third-order valence-electron chi connectivity index (χ3n) is 6.07. The van der Waals surface area contributed by atoms with Crippen LogP contribution in [0.15, 0.2) is 42.7 Å². The second-order valence-corrected chi connectivity index (χ2v) is 11.7. The minimum atomic E-state index is -3.00. The van der Waals surface area contributed by atoms with Crippen LogP contribution in [0.25, 0.3) is 27.0 Å². The minimum absolute atomic E-state index is 0.103. The Morgan fingerprint density at radius 1 is 1.06 bits per heavy atom. The highest BCUT2D eigenvalue weighted by atomic mass is 32.2. The zero-order valence-electron chi connectivity index (χ0n) is 18.3. The Hall–Kier alpha value is -3.38. The summed E-state index contributed by atoms with van der Waals surface area (Å²) in [6.07, 6.45) is 1.99. The molecule has 3 aromatic heterocycles. The molecular weight excluding hydrogens is 496 g/mol. The van der Waals surface area contributed by atoms with Crippen molar-refractivity contribution in [1.29, 1.82) is 0 Å². The Kier molecular flexibility index (Phi) is 5.29. The number of aromatic nitrogens is 4. The molecule has 0 bridgehead atoms. The minimum Gasteiger partial charge on any atom is -0.491 e. The van der Waals surface area contributed by atoms with E-state index in [-0.39, 0.29) is 17.2 Å². The molecule has 0 radical (unpaired) electrons. The molecule has 12 heteroatoms. The van der Waals surface area contributed by atoms with Crippen molar-refractivity contribution >= 4 is 27.0 Å². The molecule has 0 aliphatic carbocycles. The standard InChI is InChI=1S/C23H19F2N5O3S2/c24-15-1-2-17(16(25)12-15)30-23(26-13-27-30)19-11-14-5-8-33-18-3-4-20(28-21(18)22(14)34-19)29-6-9-35(31,32)10-7-29/h1-4,11-13H,5-10H2. The van der Waals surface area contributed by atoms with Crippen LogP contribution in [-0.4, -0.2) is 59.4 Å².